The molecule has 0 atom stereocenters. The van der Waals surface area contributed by atoms with Gasteiger partial charge in [-0.2, -0.15) is 5.10 Å². The molecule has 3 rings (SSSR count). The third-order valence-corrected chi connectivity index (χ3v) is 4.36. The van der Waals surface area contributed by atoms with Crippen molar-refractivity contribution in [1.29, 1.82) is 0 Å². The molecule has 0 aliphatic carbocycles. The fourth-order valence-electron chi connectivity index (χ4n) is 1.66. The second-order valence-corrected chi connectivity index (χ2v) is 6.20. The van der Waals surface area contributed by atoms with E-state index in [0.29, 0.717) is 26.6 Å². The van der Waals surface area contributed by atoms with Crippen LogP contribution in [0.5, 0.6) is 0 Å². The molecule has 114 valence electrons. The van der Waals surface area contributed by atoms with Gasteiger partial charge >= 0.3 is 0 Å². The Hall–Kier alpha value is -2.07. The smallest absolute Gasteiger partial charge is 0.147 e. The van der Waals surface area contributed by atoms with E-state index in [1.165, 1.54) is 18.0 Å². The minimum absolute atomic E-state index is 0.345. The molecule has 0 unspecified atom stereocenters. The van der Waals surface area contributed by atoms with Gasteiger partial charge in [-0.15, -0.1) is 0 Å². The van der Waals surface area contributed by atoms with Crippen LogP contribution in [0.25, 0.3) is 0 Å². The molecule has 0 aliphatic rings. The maximum atomic E-state index is 6.38. The van der Waals surface area contributed by atoms with Crippen LogP contribution in [0.4, 0.5) is 0 Å². The molecule has 0 saturated carbocycles. The molecular formula is C15H9Cl2N5S. The quantitative estimate of drug-likeness (QED) is 0.654. The van der Waals surface area contributed by atoms with Crippen molar-refractivity contribution in [2.24, 2.45) is 7.05 Å². The first kappa shape index (κ1) is 15.8. The third-order valence-electron chi connectivity index (χ3n) is 2.69. The number of pyridine rings is 1. The van der Waals surface area contributed by atoms with Gasteiger partial charge in [0.1, 0.15) is 21.6 Å². The number of halogens is 2. The van der Waals surface area contributed by atoms with Crippen molar-refractivity contribution in [3.05, 3.63) is 58.5 Å². The number of hydrogen-bond acceptors (Lipinski definition) is 5. The summed E-state index contributed by atoms with van der Waals surface area (Å²) in [5.41, 5.74) is 1.15. The highest BCUT2D eigenvalue weighted by atomic mass is 35.5. The van der Waals surface area contributed by atoms with Gasteiger partial charge in [-0.3, -0.25) is 4.68 Å². The van der Waals surface area contributed by atoms with Gasteiger partial charge in [0.25, 0.3) is 0 Å². The van der Waals surface area contributed by atoms with Crippen molar-refractivity contribution in [1.82, 2.24) is 24.7 Å². The summed E-state index contributed by atoms with van der Waals surface area (Å²) in [6.07, 6.45) is 6.55. The molecule has 0 N–H and O–H groups in total. The molecule has 0 spiro atoms. The Balaban J connectivity index is 1.86. The number of aryl methyl sites for hydroxylation is 1. The lowest BCUT2D eigenvalue weighted by Crippen LogP contribution is -1.89. The van der Waals surface area contributed by atoms with Gasteiger partial charge in [0.2, 0.25) is 0 Å². The molecule has 0 saturated heterocycles. The molecule has 0 aliphatic heterocycles. The summed E-state index contributed by atoms with van der Waals surface area (Å²) in [5, 5.41) is 5.69. The monoisotopic (exact) mass is 361 g/mol. The van der Waals surface area contributed by atoms with E-state index in [2.05, 4.69) is 31.9 Å². The highest BCUT2D eigenvalue weighted by molar-refractivity contribution is 7.99. The van der Waals surface area contributed by atoms with E-state index in [-0.39, 0.29) is 0 Å². The Kier molecular flexibility index (Phi) is 4.82. The van der Waals surface area contributed by atoms with Gasteiger partial charge in [0, 0.05) is 24.3 Å². The van der Waals surface area contributed by atoms with Crippen LogP contribution in [0.2, 0.25) is 10.2 Å². The lowest BCUT2D eigenvalue weighted by Gasteiger charge is -2.04. The van der Waals surface area contributed by atoms with Crippen LogP contribution in [-0.4, -0.2) is 24.7 Å². The summed E-state index contributed by atoms with van der Waals surface area (Å²) in [5.74, 6) is 5.88. The first-order valence-corrected chi connectivity index (χ1v) is 8.00. The van der Waals surface area contributed by atoms with Gasteiger partial charge < -0.3 is 0 Å². The zero-order valence-electron chi connectivity index (χ0n) is 11.9. The van der Waals surface area contributed by atoms with Gasteiger partial charge in [0.15, 0.2) is 0 Å². The average molecular weight is 362 g/mol. The Labute approximate surface area is 147 Å². The number of rotatable bonds is 2. The van der Waals surface area contributed by atoms with Crippen molar-refractivity contribution in [2.75, 3.05) is 0 Å². The number of aromatic nitrogens is 5. The molecule has 0 amide bonds. The maximum absolute atomic E-state index is 6.38. The number of hydrogen-bond donors (Lipinski definition) is 0. The third kappa shape index (κ3) is 4.02. The van der Waals surface area contributed by atoms with E-state index in [0.717, 1.165) is 4.90 Å². The molecule has 0 bridgehead atoms. The summed E-state index contributed by atoms with van der Waals surface area (Å²) >= 11 is 13.5. The normalized spacial score (nSPS) is 10.2. The second kappa shape index (κ2) is 7.01. The fraction of sp³-hybridized carbons (Fsp3) is 0.0667. The lowest BCUT2D eigenvalue weighted by atomic mass is 10.3. The van der Waals surface area contributed by atoms with Crippen LogP contribution in [-0.2, 0) is 7.05 Å². The van der Waals surface area contributed by atoms with Gasteiger partial charge in [-0.25, -0.2) is 15.0 Å². The molecule has 0 fully saturated rings. The SMILES string of the molecule is Cn1ccc(C#Cc2nccc(Sc3cnc(Cl)cn3)c2Cl)n1. The van der Waals surface area contributed by atoms with Gasteiger partial charge in [0.05, 0.1) is 17.4 Å². The first-order valence-electron chi connectivity index (χ1n) is 6.43. The van der Waals surface area contributed by atoms with E-state index >= 15 is 0 Å². The van der Waals surface area contributed by atoms with E-state index in [9.17, 15) is 0 Å². The van der Waals surface area contributed by atoms with Crippen molar-refractivity contribution in [3.8, 4) is 11.8 Å². The van der Waals surface area contributed by atoms with E-state index in [1.807, 2.05) is 19.3 Å². The molecule has 3 heterocycles. The van der Waals surface area contributed by atoms with Crippen LogP contribution < -0.4 is 0 Å². The van der Waals surface area contributed by atoms with Crippen molar-refractivity contribution < 1.29 is 0 Å². The van der Waals surface area contributed by atoms with E-state index < -0.39 is 0 Å². The molecule has 8 heteroatoms. The Morgan fingerprint density at radius 2 is 1.96 bits per heavy atom. The zero-order chi connectivity index (χ0) is 16.2. The minimum Gasteiger partial charge on any atom is -0.275 e. The van der Waals surface area contributed by atoms with E-state index in [4.69, 9.17) is 23.2 Å². The summed E-state index contributed by atoms with van der Waals surface area (Å²) < 4.78 is 1.69. The first-order chi connectivity index (χ1) is 11.1. The largest absolute Gasteiger partial charge is 0.275 e. The average Bonchev–Trinajstić information content (AvgIpc) is 2.96. The summed E-state index contributed by atoms with van der Waals surface area (Å²) in [6, 6.07) is 3.62. The molecule has 0 radical (unpaired) electrons. The van der Waals surface area contributed by atoms with Crippen molar-refractivity contribution in [3.63, 3.8) is 0 Å². The van der Waals surface area contributed by atoms with Gasteiger partial charge in [-0.1, -0.05) is 35.0 Å². The van der Waals surface area contributed by atoms with Crippen LogP contribution in [0.15, 0.2) is 46.8 Å². The molecular weight excluding hydrogens is 353 g/mol. The summed E-state index contributed by atoms with van der Waals surface area (Å²) in [6.45, 7) is 0. The summed E-state index contributed by atoms with van der Waals surface area (Å²) in [4.78, 5) is 13.2. The summed E-state index contributed by atoms with van der Waals surface area (Å²) in [7, 11) is 1.83. The molecule has 3 aromatic rings. The Bertz CT molecular complexity index is 896. The molecule has 3 aromatic heterocycles. The van der Waals surface area contributed by atoms with Crippen LogP contribution >= 0.6 is 35.0 Å². The van der Waals surface area contributed by atoms with Crippen molar-refractivity contribution in [2.45, 2.75) is 9.92 Å². The predicted octanol–water partition coefficient (Wildman–Crippen LogP) is 3.46. The Morgan fingerprint density at radius 1 is 1.09 bits per heavy atom. The van der Waals surface area contributed by atoms with E-state index in [1.54, 1.807) is 23.1 Å². The van der Waals surface area contributed by atoms with Crippen LogP contribution in [0, 0.1) is 11.8 Å². The van der Waals surface area contributed by atoms with Crippen molar-refractivity contribution >= 4 is 35.0 Å². The molecule has 23 heavy (non-hydrogen) atoms. The fourth-order valence-corrected chi connectivity index (χ4v) is 2.79. The van der Waals surface area contributed by atoms with Crippen LogP contribution in [0.1, 0.15) is 11.4 Å². The highest BCUT2D eigenvalue weighted by Gasteiger charge is 2.08. The lowest BCUT2D eigenvalue weighted by molar-refractivity contribution is 0.764. The number of nitrogens with zero attached hydrogens (tertiary/aromatic N) is 5. The predicted molar refractivity (Wildman–Crippen MR) is 89.6 cm³/mol. The Morgan fingerprint density at radius 3 is 2.65 bits per heavy atom. The highest BCUT2D eigenvalue weighted by Crippen LogP contribution is 2.32. The molecule has 5 nitrogen and oxygen atoms in total. The molecule has 0 aromatic carbocycles. The topological polar surface area (TPSA) is 56.5 Å². The zero-order valence-corrected chi connectivity index (χ0v) is 14.2. The minimum atomic E-state index is 0.345. The van der Waals surface area contributed by atoms with Gasteiger partial charge in [-0.05, 0) is 24.0 Å². The second-order valence-electron chi connectivity index (χ2n) is 4.38. The standard InChI is InChI=1S/C15H9Cl2N5S/c1-22-7-5-10(21-22)2-3-11-15(17)12(4-6-18-11)23-14-9-19-13(16)8-20-14/h4-9H,1H3. The maximum Gasteiger partial charge on any atom is 0.147 e. The van der Waals surface area contributed by atoms with Crippen LogP contribution in [0.3, 0.4) is 0 Å².